The highest BCUT2D eigenvalue weighted by Crippen LogP contribution is 2.22. The molecule has 0 atom stereocenters. The summed E-state index contributed by atoms with van der Waals surface area (Å²) in [4.78, 5) is 14.3. The van der Waals surface area contributed by atoms with Crippen LogP contribution in [0.1, 0.15) is 52.1 Å². The van der Waals surface area contributed by atoms with Crippen LogP contribution in [0, 0.1) is 6.92 Å². The third-order valence-electron chi connectivity index (χ3n) is 6.31. The summed E-state index contributed by atoms with van der Waals surface area (Å²) in [5.41, 5.74) is 4.40. The van der Waals surface area contributed by atoms with Gasteiger partial charge in [-0.15, -0.1) is 0 Å². The number of nitrogens with one attached hydrogen (secondary N) is 1. The number of carbonyl (C=O) groups excluding carboxylic acids is 1. The average molecular weight is 541 g/mol. The van der Waals surface area contributed by atoms with Gasteiger partial charge in [0.25, 0.3) is 0 Å². The Bertz CT molecular complexity index is 1230. The monoisotopic (exact) mass is 540 g/mol. The number of anilines is 2. The minimum Gasteiger partial charge on any atom is -0.489 e. The molecule has 4 aromatic carbocycles. The molecular weight excluding hydrogens is 496 g/mol. The van der Waals surface area contributed by atoms with Crippen LogP contribution >= 0.6 is 0 Å². The van der Waals surface area contributed by atoms with E-state index < -0.39 is 6.09 Å². The number of nitrogens with zero attached hydrogens (tertiary/aromatic N) is 1. The van der Waals surface area contributed by atoms with Gasteiger partial charge in [-0.3, -0.25) is 5.32 Å². The number of rotatable bonds is 6. The molecule has 0 saturated carbocycles. The van der Waals surface area contributed by atoms with Gasteiger partial charge in [0, 0.05) is 25.9 Å². The van der Waals surface area contributed by atoms with Crippen LogP contribution in [-0.2, 0) is 6.61 Å². The van der Waals surface area contributed by atoms with Crippen molar-refractivity contribution in [2.24, 2.45) is 0 Å². The Morgan fingerprint density at radius 3 is 1.90 bits per heavy atom. The standard InChI is InChI=1S/C19H22N2O2.C14H14O.C2H6.H2/c22-19(23-18-8-4-3-5-9-18)20-16-10-12-17(13-11-16)21-14-6-1-2-7-15-21;1-12-7-9-14(10-8-12)15-11-13-5-3-2-4-6-13;1-2;/h3-5,8-13H,1-2,6-7,14-15H2,(H,20,22);2-10H,11H2,1H3;1-2H3;1H. The Balaban J connectivity index is 0.000000284. The molecule has 1 amide bonds. The van der Waals surface area contributed by atoms with Crippen LogP contribution in [0.2, 0.25) is 0 Å². The molecule has 1 N–H and O–H groups in total. The van der Waals surface area contributed by atoms with E-state index >= 15 is 0 Å². The first-order valence-electron chi connectivity index (χ1n) is 14.3. The van der Waals surface area contributed by atoms with E-state index in [0.717, 1.165) is 24.5 Å². The highest BCUT2D eigenvalue weighted by molar-refractivity contribution is 5.86. The molecule has 1 aliphatic rings. The third kappa shape index (κ3) is 10.9. The van der Waals surface area contributed by atoms with Crippen molar-refractivity contribution in [1.82, 2.24) is 0 Å². The van der Waals surface area contributed by atoms with Gasteiger partial charge in [-0.1, -0.05) is 92.9 Å². The first-order valence-corrected chi connectivity index (χ1v) is 14.3. The predicted octanol–water partition coefficient (Wildman–Crippen LogP) is 9.52. The summed E-state index contributed by atoms with van der Waals surface area (Å²) in [5, 5.41) is 2.75. The smallest absolute Gasteiger partial charge is 0.417 e. The van der Waals surface area contributed by atoms with Crippen molar-refractivity contribution in [3.8, 4) is 11.5 Å². The minimum atomic E-state index is -0.473. The van der Waals surface area contributed by atoms with E-state index in [4.69, 9.17) is 9.47 Å². The van der Waals surface area contributed by atoms with E-state index in [9.17, 15) is 4.79 Å². The Morgan fingerprint density at radius 1 is 0.725 bits per heavy atom. The van der Waals surface area contributed by atoms with Crippen molar-refractivity contribution >= 4 is 17.5 Å². The number of ether oxygens (including phenoxy) is 2. The zero-order valence-electron chi connectivity index (χ0n) is 24.0. The molecule has 0 aliphatic carbocycles. The molecule has 1 aliphatic heterocycles. The highest BCUT2D eigenvalue weighted by Gasteiger charge is 2.10. The SMILES string of the molecule is CC.Cc1ccc(OCc2ccccc2)cc1.O=C(Nc1ccc(N2CCCCCC2)cc1)Oc1ccccc1.[HH]. The van der Waals surface area contributed by atoms with Crippen LogP contribution < -0.4 is 19.7 Å². The summed E-state index contributed by atoms with van der Waals surface area (Å²) in [5.74, 6) is 1.45. The summed E-state index contributed by atoms with van der Waals surface area (Å²) in [6.45, 7) is 8.93. The van der Waals surface area contributed by atoms with Gasteiger partial charge in [0.2, 0.25) is 0 Å². The first kappa shape index (κ1) is 30.3. The molecule has 0 radical (unpaired) electrons. The molecule has 1 fully saturated rings. The largest absolute Gasteiger partial charge is 0.489 e. The second kappa shape index (κ2) is 17.4. The molecule has 0 unspecified atom stereocenters. The average Bonchev–Trinajstić information content (AvgIpc) is 3.30. The predicted molar refractivity (Wildman–Crippen MR) is 169 cm³/mol. The molecule has 212 valence electrons. The maximum absolute atomic E-state index is 11.9. The lowest BCUT2D eigenvalue weighted by molar-refractivity contribution is 0.215. The quantitative estimate of drug-likeness (QED) is 0.265. The molecule has 1 saturated heterocycles. The van der Waals surface area contributed by atoms with Crippen LogP contribution in [0.5, 0.6) is 11.5 Å². The van der Waals surface area contributed by atoms with Gasteiger partial charge in [0.05, 0.1) is 0 Å². The van der Waals surface area contributed by atoms with Gasteiger partial charge in [-0.2, -0.15) is 0 Å². The van der Waals surface area contributed by atoms with Gasteiger partial charge in [-0.25, -0.2) is 4.79 Å². The van der Waals surface area contributed by atoms with Crippen LogP contribution in [-0.4, -0.2) is 19.2 Å². The normalized spacial score (nSPS) is 12.4. The van der Waals surface area contributed by atoms with Crippen LogP contribution in [0.4, 0.5) is 16.2 Å². The first-order chi connectivity index (χ1) is 19.7. The van der Waals surface area contributed by atoms with E-state index in [2.05, 4.69) is 53.5 Å². The molecular formula is C35H44N2O3. The number of amides is 1. The van der Waals surface area contributed by atoms with Crippen molar-refractivity contribution in [1.29, 1.82) is 0 Å². The minimum absolute atomic E-state index is 0. The second-order valence-electron chi connectivity index (χ2n) is 9.36. The maximum Gasteiger partial charge on any atom is 0.417 e. The van der Waals surface area contributed by atoms with Crippen molar-refractivity contribution in [2.75, 3.05) is 23.3 Å². The Hall–Kier alpha value is -4.25. The second-order valence-corrected chi connectivity index (χ2v) is 9.36. The van der Waals surface area contributed by atoms with Crippen LogP contribution in [0.3, 0.4) is 0 Å². The van der Waals surface area contributed by atoms with Gasteiger partial charge >= 0.3 is 6.09 Å². The van der Waals surface area contributed by atoms with Crippen molar-refractivity contribution < 1.29 is 15.7 Å². The topological polar surface area (TPSA) is 50.8 Å². The summed E-state index contributed by atoms with van der Waals surface area (Å²) >= 11 is 0. The zero-order chi connectivity index (χ0) is 28.4. The fraction of sp³-hybridized carbons (Fsp3) is 0.286. The van der Waals surface area contributed by atoms with Gasteiger partial charge in [0.1, 0.15) is 18.1 Å². The molecule has 1 heterocycles. The third-order valence-corrected chi connectivity index (χ3v) is 6.31. The van der Waals surface area contributed by atoms with Gasteiger partial charge in [-0.05, 0) is 73.9 Å². The summed E-state index contributed by atoms with van der Waals surface area (Å²) < 4.78 is 10.9. The number of benzene rings is 4. The summed E-state index contributed by atoms with van der Waals surface area (Å²) in [6, 6.07) is 35.3. The molecule has 0 bridgehead atoms. The number of carbonyl (C=O) groups is 1. The van der Waals surface area contributed by atoms with Gasteiger partial charge in [0.15, 0.2) is 0 Å². The lowest BCUT2D eigenvalue weighted by Crippen LogP contribution is -2.23. The molecule has 5 rings (SSSR count). The van der Waals surface area contributed by atoms with Crippen LogP contribution in [0.15, 0.2) is 109 Å². The van der Waals surface area contributed by atoms with Crippen molar-refractivity contribution in [3.63, 3.8) is 0 Å². The van der Waals surface area contributed by atoms with E-state index in [1.54, 1.807) is 12.1 Å². The van der Waals surface area contributed by atoms with E-state index in [1.165, 1.54) is 42.5 Å². The molecule has 5 nitrogen and oxygen atoms in total. The summed E-state index contributed by atoms with van der Waals surface area (Å²) in [6.07, 6.45) is 4.68. The summed E-state index contributed by atoms with van der Waals surface area (Å²) in [7, 11) is 0. The lowest BCUT2D eigenvalue weighted by Gasteiger charge is -2.22. The van der Waals surface area contributed by atoms with E-state index in [-0.39, 0.29) is 1.43 Å². The Morgan fingerprint density at radius 2 is 1.30 bits per heavy atom. The molecule has 40 heavy (non-hydrogen) atoms. The van der Waals surface area contributed by atoms with Gasteiger partial charge < -0.3 is 14.4 Å². The maximum atomic E-state index is 11.9. The fourth-order valence-electron chi connectivity index (χ4n) is 4.20. The van der Waals surface area contributed by atoms with Crippen molar-refractivity contribution in [2.45, 2.75) is 53.1 Å². The fourth-order valence-corrected chi connectivity index (χ4v) is 4.20. The molecule has 5 heteroatoms. The highest BCUT2D eigenvalue weighted by atomic mass is 16.6. The number of hydrogen-bond acceptors (Lipinski definition) is 4. The number of para-hydroxylation sites is 1. The van der Waals surface area contributed by atoms with Crippen molar-refractivity contribution in [3.05, 3.63) is 120 Å². The molecule has 4 aromatic rings. The van der Waals surface area contributed by atoms with E-state index in [0.29, 0.717) is 12.4 Å². The lowest BCUT2D eigenvalue weighted by atomic mass is 10.2. The zero-order valence-corrected chi connectivity index (χ0v) is 24.0. The Labute approximate surface area is 241 Å². The Kier molecular flexibility index (Phi) is 13.1. The molecule has 0 aromatic heterocycles. The molecule has 0 spiro atoms. The van der Waals surface area contributed by atoms with E-state index in [1.807, 2.05) is 74.5 Å². The van der Waals surface area contributed by atoms with Crippen LogP contribution in [0.25, 0.3) is 0 Å². The number of hydrogen-bond donors (Lipinski definition) is 1. The number of aryl methyl sites for hydroxylation is 1.